The molecule has 3 aromatic rings. The molecule has 0 bridgehead atoms. The number of alkyl halides is 3. The molecule has 1 heterocycles. The lowest BCUT2D eigenvalue weighted by molar-refractivity contribution is -0.137. The van der Waals surface area contributed by atoms with E-state index in [2.05, 4.69) is 4.99 Å². The minimum absolute atomic E-state index is 0.0672. The molecule has 0 radical (unpaired) electrons. The summed E-state index contributed by atoms with van der Waals surface area (Å²) < 4.78 is 39.0. The molecule has 29 heavy (non-hydrogen) atoms. The van der Waals surface area contributed by atoms with Crippen molar-refractivity contribution in [2.45, 2.75) is 12.7 Å². The van der Waals surface area contributed by atoms with Crippen molar-refractivity contribution < 1.29 is 18.0 Å². The van der Waals surface area contributed by atoms with Gasteiger partial charge in [-0.25, -0.2) is 4.99 Å². The predicted octanol–water partition coefficient (Wildman–Crippen LogP) is 6.03. The van der Waals surface area contributed by atoms with Crippen molar-refractivity contribution in [3.8, 4) is 0 Å². The summed E-state index contributed by atoms with van der Waals surface area (Å²) in [5.41, 5.74) is 1.33. The van der Waals surface area contributed by atoms with Gasteiger partial charge in [0.1, 0.15) is 5.71 Å². The number of halogens is 4. The van der Waals surface area contributed by atoms with E-state index in [-0.39, 0.29) is 23.9 Å². The number of anilines is 1. The topological polar surface area (TPSA) is 32.7 Å². The van der Waals surface area contributed by atoms with E-state index in [0.717, 1.165) is 17.7 Å². The van der Waals surface area contributed by atoms with Crippen molar-refractivity contribution in [3.05, 3.63) is 94.5 Å². The molecule has 0 aliphatic carbocycles. The van der Waals surface area contributed by atoms with E-state index < -0.39 is 11.7 Å². The molecule has 1 amide bonds. The normalized spacial score (nSPS) is 15.1. The van der Waals surface area contributed by atoms with Crippen molar-refractivity contribution >= 4 is 34.6 Å². The zero-order valence-corrected chi connectivity index (χ0v) is 15.7. The molecule has 0 fully saturated rings. The van der Waals surface area contributed by atoms with Crippen LogP contribution < -0.4 is 4.90 Å². The molecule has 1 aliphatic heterocycles. The summed E-state index contributed by atoms with van der Waals surface area (Å²) in [4.78, 5) is 18.9. The van der Waals surface area contributed by atoms with Crippen LogP contribution in [-0.2, 0) is 17.5 Å². The Hall–Kier alpha value is -3.12. The summed E-state index contributed by atoms with van der Waals surface area (Å²) in [6, 6.07) is 18.8. The maximum Gasteiger partial charge on any atom is 0.416 e. The number of benzene rings is 3. The van der Waals surface area contributed by atoms with Gasteiger partial charge in [0.25, 0.3) is 5.91 Å². The molecule has 0 atom stereocenters. The quantitative estimate of drug-likeness (QED) is 0.515. The first kappa shape index (κ1) is 19.2. The minimum Gasteiger partial charge on any atom is -0.302 e. The summed E-state index contributed by atoms with van der Waals surface area (Å²) in [6.45, 7) is 0.233. The molecule has 3 nitrogen and oxygen atoms in total. The zero-order chi connectivity index (χ0) is 20.6. The molecule has 0 saturated heterocycles. The van der Waals surface area contributed by atoms with Gasteiger partial charge in [0, 0.05) is 10.6 Å². The Kier molecular flexibility index (Phi) is 4.88. The molecule has 7 heteroatoms. The number of rotatable bonds is 3. The summed E-state index contributed by atoms with van der Waals surface area (Å²) in [7, 11) is 0. The van der Waals surface area contributed by atoms with Crippen molar-refractivity contribution in [3.63, 3.8) is 0 Å². The molecule has 3 aromatic carbocycles. The number of hydrogen-bond acceptors (Lipinski definition) is 2. The predicted molar refractivity (Wildman–Crippen MR) is 107 cm³/mol. The SMILES string of the molecule is O=C1C(=Nc2cccc(C(F)(F)F)c2)c2ccccc2N1Cc1ccccc1Cl. The summed E-state index contributed by atoms with van der Waals surface area (Å²) in [5.74, 6) is -0.386. The van der Waals surface area contributed by atoms with Gasteiger partial charge in [-0.3, -0.25) is 4.79 Å². The van der Waals surface area contributed by atoms with E-state index in [0.29, 0.717) is 16.3 Å². The van der Waals surface area contributed by atoms with Gasteiger partial charge in [-0.15, -0.1) is 0 Å². The van der Waals surface area contributed by atoms with E-state index in [1.807, 2.05) is 12.1 Å². The Labute approximate surface area is 170 Å². The maximum absolute atomic E-state index is 13.1. The van der Waals surface area contributed by atoms with Crippen LogP contribution in [0.25, 0.3) is 0 Å². The third-order valence-corrected chi connectivity index (χ3v) is 4.97. The molecular formula is C22H14ClF3N2O. The van der Waals surface area contributed by atoms with Crippen LogP contribution in [-0.4, -0.2) is 11.6 Å². The van der Waals surface area contributed by atoms with Crippen LogP contribution in [0.5, 0.6) is 0 Å². The van der Waals surface area contributed by atoms with E-state index in [9.17, 15) is 18.0 Å². The number of carbonyl (C=O) groups is 1. The standard InChI is InChI=1S/C22H14ClF3N2O/c23-18-10-3-1-6-14(18)13-28-19-11-4-2-9-17(19)20(21(28)29)27-16-8-5-7-15(12-16)22(24,25)26/h1-12H,13H2. The van der Waals surface area contributed by atoms with Crippen molar-refractivity contribution in [2.24, 2.45) is 4.99 Å². The smallest absolute Gasteiger partial charge is 0.302 e. The van der Waals surface area contributed by atoms with Crippen LogP contribution in [0.1, 0.15) is 16.7 Å². The summed E-state index contributed by atoms with van der Waals surface area (Å²) >= 11 is 6.23. The fourth-order valence-electron chi connectivity index (χ4n) is 3.20. The summed E-state index contributed by atoms with van der Waals surface area (Å²) in [5, 5.41) is 0.529. The molecule has 0 aromatic heterocycles. The Morgan fingerprint density at radius 3 is 2.41 bits per heavy atom. The van der Waals surface area contributed by atoms with E-state index >= 15 is 0 Å². The fraction of sp³-hybridized carbons (Fsp3) is 0.0909. The molecule has 0 spiro atoms. The second-order valence-electron chi connectivity index (χ2n) is 6.51. The lowest BCUT2D eigenvalue weighted by Gasteiger charge is -2.17. The zero-order valence-electron chi connectivity index (χ0n) is 14.9. The van der Waals surface area contributed by atoms with Crippen molar-refractivity contribution in [1.82, 2.24) is 0 Å². The van der Waals surface area contributed by atoms with Gasteiger partial charge in [0.15, 0.2) is 0 Å². The van der Waals surface area contributed by atoms with Crippen LogP contribution in [0, 0.1) is 0 Å². The van der Waals surface area contributed by atoms with Crippen LogP contribution in [0.2, 0.25) is 5.02 Å². The van der Waals surface area contributed by atoms with Gasteiger partial charge in [-0.05, 0) is 35.9 Å². The highest BCUT2D eigenvalue weighted by molar-refractivity contribution is 6.54. The minimum atomic E-state index is -4.48. The molecule has 0 unspecified atom stereocenters. The summed E-state index contributed by atoms with van der Waals surface area (Å²) in [6.07, 6.45) is -4.48. The highest BCUT2D eigenvalue weighted by Gasteiger charge is 2.34. The first-order chi connectivity index (χ1) is 13.8. The molecule has 0 saturated carbocycles. The highest BCUT2D eigenvalue weighted by atomic mass is 35.5. The van der Waals surface area contributed by atoms with Crippen molar-refractivity contribution in [1.29, 1.82) is 0 Å². The van der Waals surface area contributed by atoms with Crippen LogP contribution in [0.3, 0.4) is 0 Å². The van der Waals surface area contributed by atoms with Gasteiger partial charge in [-0.2, -0.15) is 13.2 Å². The van der Waals surface area contributed by atoms with Crippen LogP contribution in [0.4, 0.5) is 24.5 Å². The number of amides is 1. The van der Waals surface area contributed by atoms with Crippen LogP contribution >= 0.6 is 11.6 Å². The number of hydrogen-bond donors (Lipinski definition) is 0. The second kappa shape index (κ2) is 7.37. The number of aliphatic imine (C=N–C) groups is 1. The lowest BCUT2D eigenvalue weighted by atomic mass is 10.1. The lowest BCUT2D eigenvalue weighted by Crippen LogP contribution is -2.29. The number of nitrogens with zero attached hydrogens (tertiary/aromatic N) is 2. The highest BCUT2D eigenvalue weighted by Crippen LogP contribution is 2.35. The Balaban J connectivity index is 1.75. The molecule has 1 aliphatic rings. The van der Waals surface area contributed by atoms with E-state index in [1.54, 1.807) is 36.4 Å². The molecular weight excluding hydrogens is 401 g/mol. The Morgan fingerprint density at radius 2 is 1.66 bits per heavy atom. The first-order valence-electron chi connectivity index (χ1n) is 8.75. The number of fused-ring (bicyclic) bond motifs is 1. The van der Waals surface area contributed by atoms with Gasteiger partial charge >= 0.3 is 6.18 Å². The fourth-order valence-corrected chi connectivity index (χ4v) is 3.40. The molecule has 146 valence electrons. The van der Waals surface area contributed by atoms with Gasteiger partial charge < -0.3 is 4.90 Å². The average Bonchev–Trinajstić information content (AvgIpc) is 2.95. The Morgan fingerprint density at radius 1 is 0.931 bits per heavy atom. The monoisotopic (exact) mass is 414 g/mol. The van der Waals surface area contributed by atoms with Gasteiger partial charge in [0.2, 0.25) is 0 Å². The number of carbonyl (C=O) groups excluding carboxylic acids is 1. The third-order valence-electron chi connectivity index (χ3n) is 4.60. The second-order valence-corrected chi connectivity index (χ2v) is 6.92. The van der Waals surface area contributed by atoms with Crippen LogP contribution in [0.15, 0.2) is 77.8 Å². The third kappa shape index (κ3) is 3.76. The largest absolute Gasteiger partial charge is 0.416 e. The Bertz CT molecular complexity index is 1120. The van der Waals surface area contributed by atoms with Gasteiger partial charge in [0.05, 0.1) is 23.5 Å². The van der Waals surface area contributed by atoms with E-state index in [1.165, 1.54) is 17.0 Å². The maximum atomic E-state index is 13.1. The number of para-hydroxylation sites is 1. The molecule has 4 rings (SSSR count). The van der Waals surface area contributed by atoms with E-state index in [4.69, 9.17) is 11.6 Å². The van der Waals surface area contributed by atoms with Crippen molar-refractivity contribution in [2.75, 3.05) is 4.90 Å². The van der Waals surface area contributed by atoms with Gasteiger partial charge in [-0.1, -0.05) is 54.1 Å². The first-order valence-corrected chi connectivity index (χ1v) is 9.13. The average molecular weight is 415 g/mol. The molecule has 0 N–H and O–H groups in total.